The molecule has 0 bridgehead atoms. The van der Waals surface area contributed by atoms with E-state index in [2.05, 4.69) is 16.2 Å². The Hall–Kier alpha value is -3.55. The number of rotatable bonds is 9. The Bertz CT molecular complexity index is 840. The molecule has 0 aliphatic rings. The third-order valence-electron chi connectivity index (χ3n) is 4.11. The number of nitrogens with one attached hydrogen (secondary N) is 3. The average Bonchev–Trinajstić information content (AvgIpc) is 2.73. The van der Waals surface area contributed by atoms with E-state index in [1.54, 1.807) is 31.2 Å². The fourth-order valence-corrected chi connectivity index (χ4v) is 2.69. The Morgan fingerprint density at radius 3 is 2.17 bits per heavy atom. The zero-order valence-corrected chi connectivity index (χ0v) is 17.3. The number of hydrogen-bond acceptors (Lipinski definition) is 5. The number of hydrazine groups is 1. The van der Waals surface area contributed by atoms with Crippen molar-refractivity contribution in [3.8, 4) is 11.5 Å². The first-order valence-corrected chi connectivity index (χ1v) is 9.69. The molecular weight excluding hydrogens is 386 g/mol. The van der Waals surface area contributed by atoms with Crippen LogP contribution in [-0.4, -0.2) is 30.4 Å². The Morgan fingerprint density at radius 2 is 1.57 bits per heavy atom. The molecule has 0 fully saturated rings. The highest BCUT2D eigenvalue weighted by molar-refractivity contribution is 5.85. The molecule has 3 N–H and O–H groups in total. The monoisotopic (exact) mass is 413 g/mol. The second-order valence-electron chi connectivity index (χ2n) is 6.57. The lowest BCUT2D eigenvalue weighted by Gasteiger charge is -2.19. The molecule has 8 heteroatoms. The second kappa shape index (κ2) is 11.5. The van der Waals surface area contributed by atoms with Crippen LogP contribution in [0.4, 0.5) is 0 Å². The van der Waals surface area contributed by atoms with Crippen LogP contribution in [0.25, 0.3) is 0 Å². The molecule has 0 saturated heterocycles. The van der Waals surface area contributed by atoms with Crippen LogP contribution in [0, 0.1) is 0 Å². The molecule has 0 aliphatic carbocycles. The normalized spacial score (nSPS) is 12.2. The van der Waals surface area contributed by atoms with Crippen molar-refractivity contribution in [3.63, 3.8) is 0 Å². The molecular formula is C22H27N3O5. The van der Waals surface area contributed by atoms with E-state index >= 15 is 0 Å². The van der Waals surface area contributed by atoms with Crippen molar-refractivity contribution < 1.29 is 23.9 Å². The van der Waals surface area contributed by atoms with Crippen molar-refractivity contribution in [3.05, 3.63) is 60.2 Å². The standard InChI is InChI=1S/C22H27N3O5/c1-4-29-18-10-12-19(13-11-18)30-15(2)22(28)25-24-21(27)14-20(23-16(3)26)17-8-6-5-7-9-17/h5-13,15,20H,4,14H2,1-3H3,(H,23,26)(H,24,27)(H,25,28)/t15-,20+/m1/s1. The minimum Gasteiger partial charge on any atom is -0.494 e. The molecule has 2 aromatic carbocycles. The maximum Gasteiger partial charge on any atom is 0.279 e. The smallest absolute Gasteiger partial charge is 0.279 e. The number of hydrogen-bond donors (Lipinski definition) is 3. The van der Waals surface area contributed by atoms with Gasteiger partial charge in [-0.15, -0.1) is 0 Å². The van der Waals surface area contributed by atoms with Gasteiger partial charge < -0.3 is 14.8 Å². The number of carbonyl (C=O) groups is 3. The molecule has 0 aliphatic heterocycles. The first-order valence-electron chi connectivity index (χ1n) is 9.69. The van der Waals surface area contributed by atoms with Crippen molar-refractivity contribution >= 4 is 17.7 Å². The van der Waals surface area contributed by atoms with Gasteiger partial charge in [0, 0.05) is 6.92 Å². The summed E-state index contributed by atoms with van der Waals surface area (Å²) in [5, 5.41) is 2.74. The third-order valence-corrected chi connectivity index (χ3v) is 4.11. The molecule has 0 heterocycles. The highest BCUT2D eigenvalue weighted by Crippen LogP contribution is 2.19. The van der Waals surface area contributed by atoms with Gasteiger partial charge >= 0.3 is 0 Å². The highest BCUT2D eigenvalue weighted by atomic mass is 16.5. The molecule has 30 heavy (non-hydrogen) atoms. The summed E-state index contributed by atoms with van der Waals surface area (Å²) in [5.41, 5.74) is 5.50. The fraction of sp³-hybridized carbons (Fsp3) is 0.318. The maximum atomic E-state index is 12.3. The molecule has 0 saturated carbocycles. The van der Waals surface area contributed by atoms with Gasteiger partial charge in [0.05, 0.1) is 19.1 Å². The van der Waals surface area contributed by atoms with E-state index in [9.17, 15) is 14.4 Å². The summed E-state index contributed by atoms with van der Waals surface area (Å²) in [5.74, 6) is 0.00824. The van der Waals surface area contributed by atoms with Crippen LogP contribution in [-0.2, 0) is 14.4 Å². The largest absolute Gasteiger partial charge is 0.494 e. The number of carbonyl (C=O) groups excluding carboxylic acids is 3. The van der Waals surface area contributed by atoms with E-state index in [0.29, 0.717) is 18.1 Å². The van der Waals surface area contributed by atoms with Gasteiger partial charge in [-0.3, -0.25) is 25.2 Å². The lowest BCUT2D eigenvalue weighted by molar-refractivity contribution is -0.133. The lowest BCUT2D eigenvalue weighted by Crippen LogP contribution is -2.48. The van der Waals surface area contributed by atoms with Crippen LogP contribution in [0.1, 0.15) is 38.8 Å². The number of benzene rings is 2. The molecule has 2 rings (SSSR count). The third kappa shape index (κ3) is 7.46. The van der Waals surface area contributed by atoms with Crippen LogP contribution in [0.5, 0.6) is 11.5 Å². The average molecular weight is 413 g/mol. The zero-order valence-electron chi connectivity index (χ0n) is 17.3. The molecule has 3 amide bonds. The SMILES string of the molecule is CCOc1ccc(O[C@H](C)C(=O)NNC(=O)C[C@H](NC(C)=O)c2ccccc2)cc1. The van der Waals surface area contributed by atoms with Gasteiger partial charge in [0.2, 0.25) is 11.8 Å². The van der Waals surface area contributed by atoms with Crippen molar-refractivity contribution in [2.45, 2.75) is 39.3 Å². The first-order chi connectivity index (χ1) is 14.4. The Morgan fingerprint density at radius 1 is 0.933 bits per heavy atom. The molecule has 0 aromatic heterocycles. The summed E-state index contributed by atoms with van der Waals surface area (Å²) >= 11 is 0. The van der Waals surface area contributed by atoms with Crippen LogP contribution in [0.15, 0.2) is 54.6 Å². The zero-order chi connectivity index (χ0) is 21.9. The van der Waals surface area contributed by atoms with E-state index in [-0.39, 0.29) is 12.3 Å². The van der Waals surface area contributed by atoms with Gasteiger partial charge in [0.1, 0.15) is 11.5 Å². The first kappa shape index (κ1) is 22.7. The summed E-state index contributed by atoms with van der Waals surface area (Å²) in [4.78, 5) is 35.9. The second-order valence-corrected chi connectivity index (χ2v) is 6.57. The van der Waals surface area contributed by atoms with Crippen molar-refractivity contribution in [2.75, 3.05) is 6.61 Å². The van der Waals surface area contributed by atoms with Gasteiger partial charge in [-0.1, -0.05) is 30.3 Å². The molecule has 160 valence electrons. The predicted octanol–water partition coefficient (Wildman–Crippen LogP) is 2.27. The van der Waals surface area contributed by atoms with Crippen molar-refractivity contribution in [1.82, 2.24) is 16.2 Å². The molecule has 2 atom stereocenters. The minimum atomic E-state index is -0.830. The minimum absolute atomic E-state index is 0.0298. The number of ether oxygens (including phenoxy) is 2. The van der Waals surface area contributed by atoms with Gasteiger partial charge in [0.25, 0.3) is 5.91 Å². The van der Waals surface area contributed by atoms with E-state index in [0.717, 1.165) is 5.56 Å². The van der Waals surface area contributed by atoms with Crippen LogP contribution < -0.4 is 25.6 Å². The molecule has 2 aromatic rings. The highest BCUT2D eigenvalue weighted by Gasteiger charge is 2.19. The van der Waals surface area contributed by atoms with Crippen molar-refractivity contribution in [1.29, 1.82) is 0 Å². The Kier molecular flexibility index (Phi) is 8.68. The van der Waals surface area contributed by atoms with E-state index in [4.69, 9.17) is 9.47 Å². The van der Waals surface area contributed by atoms with Crippen LogP contribution in [0.3, 0.4) is 0 Å². The van der Waals surface area contributed by atoms with Crippen molar-refractivity contribution in [2.24, 2.45) is 0 Å². The Balaban J connectivity index is 1.84. The van der Waals surface area contributed by atoms with E-state index in [1.807, 2.05) is 37.3 Å². The summed E-state index contributed by atoms with van der Waals surface area (Å²) in [7, 11) is 0. The van der Waals surface area contributed by atoms with Crippen LogP contribution in [0.2, 0.25) is 0 Å². The maximum absolute atomic E-state index is 12.3. The number of amides is 3. The lowest BCUT2D eigenvalue weighted by atomic mass is 10.0. The molecule has 0 unspecified atom stereocenters. The summed E-state index contributed by atoms with van der Waals surface area (Å²) in [6.07, 6.45) is -0.860. The summed E-state index contributed by atoms with van der Waals surface area (Å²) in [6.45, 7) is 5.41. The van der Waals surface area contributed by atoms with Gasteiger partial charge in [-0.2, -0.15) is 0 Å². The van der Waals surface area contributed by atoms with Crippen LogP contribution >= 0.6 is 0 Å². The fourth-order valence-electron chi connectivity index (χ4n) is 2.69. The van der Waals surface area contributed by atoms with E-state index < -0.39 is 24.0 Å². The summed E-state index contributed by atoms with van der Waals surface area (Å²) < 4.78 is 10.9. The van der Waals surface area contributed by atoms with Gasteiger partial charge in [-0.05, 0) is 43.7 Å². The van der Waals surface area contributed by atoms with E-state index in [1.165, 1.54) is 6.92 Å². The quantitative estimate of drug-likeness (QED) is 0.547. The Labute approximate surface area is 175 Å². The van der Waals surface area contributed by atoms with Gasteiger partial charge in [0.15, 0.2) is 6.10 Å². The predicted molar refractivity (Wildman–Crippen MR) is 112 cm³/mol. The molecule has 0 spiro atoms. The van der Waals surface area contributed by atoms with Gasteiger partial charge in [-0.25, -0.2) is 0 Å². The topological polar surface area (TPSA) is 106 Å². The molecule has 8 nitrogen and oxygen atoms in total. The molecule has 0 radical (unpaired) electrons. The summed E-state index contributed by atoms with van der Waals surface area (Å²) in [6, 6.07) is 15.5.